The second-order valence-electron chi connectivity index (χ2n) is 4.62. The minimum atomic E-state index is -0.303. The largest absolute Gasteiger partial charge is 0.366 e. The first-order valence-corrected chi connectivity index (χ1v) is 6.65. The summed E-state index contributed by atoms with van der Waals surface area (Å²) in [6, 6.07) is 1.62. The molecule has 2 N–H and O–H groups in total. The summed E-state index contributed by atoms with van der Waals surface area (Å²) >= 11 is 5.82. The number of rotatable bonds is 2. The monoisotopic (exact) mass is 295 g/mol. The molecule has 8 heteroatoms. The number of hydrogen-bond acceptors (Lipinski definition) is 4. The number of nitrogens with one attached hydrogen (secondary N) is 2. The number of nitrogens with zero attached hydrogens (tertiary/aromatic N) is 3. The Morgan fingerprint density at radius 3 is 3.10 bits per heavy atom. The maximum absolute atomic E-state index is 12.3. The molecule has 3 heterocycles. The Morgan fingerprint density at radius 1 is 1.60 bits per heavy atom. The molecule has 3 rings (SSSR count). The first kappa shape index (κ1) is 13.1. The zero-order chi connectivity index (χ0) is 14.1. The van der Waals surface area contributed by atoms with Crippen LogP contribution in [0.25, 0.3) is 0 Å². The van der Waals surface area contributed by atoms with Crippen molar-refractivity contribution < 1.29 is 9.53 Å². The summed E-state index contributed by atoms with van der Waals surface area (Å²) in [6.45, 7) is 3.24. The van der Waals surface area contributed by atoms with Gasteiger partial charge < -0.3 is 14.6 Å². The van der Waals surface area contributed by atoms with E-state index in [-0.39, 0.29) is 12.0 Å². The van der Waals surface area contributed by atoms with Crippen LogP contribution in [0.1, 0.15) is 28.2 Å². The van der Waals surface area contributed by atoms with Crippen LogP contribution in [-0.4, -0.2) is 50.7 Å². The molecule has 7 nitrogen and oxygen atoms in total. The van der Waals surface area contributed by atoms with Gasteiger partial charge in [0.1, 0.15) is 17.6 Å². The molecule has 1 aliphatic heterocycles. The summed E-state index contributed by atoms with van der Waals surface area (Å²) in [4.78, 5) is 21.1. The summed E-state index contributed by atoms with van der Waals surface area (Å²) in [6.07, 6.45) is 1.29. The average molecular weight is 296 g/mol. The van der Waals surface area contributed by atoms with Crippen LogP contribution in [0.4, 0.5) is 0 Å². The predicted molar refractivity (Wildman–Crippen MR) is 71.5 cm³/mol. The predicted octanol–water partition coefficient (Wildman–Crippen LogP) is 1.31. The number of carbonyl (C=O) groups is 1. The Hall–Kier alpha value is -1.86. The SMILES string of the molecule is Cc1nc(C2CN(C(=O)c3cc(Cl)c[nH]3)CCO2)n[nH]1. The van der Waals surface area contributed by atoms with Gasteiger partial charge in [0.25, 0.3) is 5.91 Å². The highest BCUT2D eigenvalue weighted by atomic mass is 35.5. The second kappa shape index (κ2) is 5.26. The fourth-order valence-corrected chi connectivity index (χ4v) is 2.32. The maximum atomic E-state index is 12.3. The summed E-state index contributed by atoms with van der Waals surface area (Å²) in [5.74, 6) is 1.20. The van der Waals surface area contributed by atoms with E-state index in [0.29, 0.717) is 36.2 Å². The van der Waals surface area contributed by atoms with E-state index < -0.39 is 0 Å². The lowest BCUT2D eigenvalue weighted by atomic mass is 10.2. The van der Waals surface area contributed by atoms with Gasteiger partial charge in [0.05, 0.1) is 18.2 Å². The molecule has 1 saturated heterocycles. The molecule has 1 aliphatic rings. The molecule has 0 bridgehead atoms. The Kier molecular flexibility index (Phi) is 3.45. The quantitative estimate of drug-likeness (QED) is 0.874. The van der Waals surface area contributed by atoms with Crippen molar-refractivity contribution in [2.45, 2.75) is 13.0 Å². The molecular weight excluding hydrogens is 282 g/mol. The van der Waals surface area contributed by atoms with Gasteiger partial charge in [-0.15, -0.1) is 0 Å². The highest BCUT2D eigenvalue weighted by molar-refractivity contribution is 6.30. The lowest BCUT2D eigenvalue weighted by molar-refractivity contribution is -0.0268. The number of aromatic nitrogens is 4. The summed E-state index contributed by atoms with van der Waals surface area (Å²) < 4.78 is 5.62. The Morgan fingerprint density at radius 2 is 2.45 bits per heavy atom. The molecule has 0 radical (unpaired) electrons. The lowest BCUT2D eigenvalue weighted by Gasteiger charge is -2.31. The number of hydrogen-bond donors (Lipinski definition) is 2. The number of halogens is 1. The third-order valence-corrected chi connectivity index (χ3v) is 3.35. The topological polar surface area (TPSA) is 86.9 Å². The number of carbonyl (C=O) groups excluding carboxylic acids is 1. The minimum Gasteiger partial charge on any atom is -0.366 e. The van der Waals surface area contributed by atoms with E-state index >= 15 is 0 Å². The number of H-pyrrole nitrogens is 2. The fourth-order valence-electron chi connectivity index (χ4n) is 2.16. The maximum Gasteiger partial charge on any atom is 0.270 e. The van der Waals surface area contributed by atoms with E-state index in [0.717, 1.165) is 5.82 Å². The Labute approximate surface area is 120 Å². The molecule has 1 atom stereocenters. The van der Waals surface area contributed by atoms with Crippen LogP contribution in [0.5, 0.6) is 0 Å². The van der Waals surface area contributed by atoms with E-state index in [1.165, 1.54) is 0 Å². The molecule has 1 fully saturated rings. The Balaban J connectivity index is 1.73. The highest BCUT2D eigenvalue weighted by Gasteiger charge is 2.28. The molecule has 20 heavy (non-hydrogen) atoms. The van der Waals surface area contributed by atoms with Crippen molar-refractivity contribution in [3.63, 3.8) is 0 Å². The third kappa shape index (κ3) is 2.54. The van der Waals surface area contributed by atoms with Gasteiger partial charge in [-0.05, 0) is 13.0 Å². The van der Waals surface area contributed by atoms with Crippen molar-refractivity contribution in [1.29, 1.82) is 0 Å². The van der Waals surface area contributed by atoms with E-state index in [1.54, 1.807) is 17.2 Å². The lowest BCUT2D eigenvalue weighted by Crippen LogP contribution is -2.42. The van der Waals surface area contributed by atoms with Crippen LogP contribution in [0.15, 0.2) is 12.3 Å². The van der Waals surface area contributed by atoms with Gasteiger partial charge in [0.15, 0.2) is 5.82 Å². The molecule has 2 aromatic heterocycles. The molecule has 1 unspecified atom stereocenters. The molecule has 2 aromatic rings. The van der Waals surface area contributed by atoms with Crippen molar-refractivity contribution in [2.24, 2.45) is 0 Å². The van der Waals surface area contributed by atoms with Gasteiger partial charge in [0, 0.05) is 12.7 Å². The van der Waals surface area contributed by atoms with Gasteiger partial charge in [-0.25, -0.2) is 4.98 Å². The second-order valence-corrected chi connectivity index (χ2v) is 5.06. The van der Waals surface area contributed by atoms with E-state index in [2.05, 4.69) is 20.2 Å². The van der Waals surface area contributed by atoms with Crippen LogP contribution >= 0.6 is 11.6 Å². The first-order valence-electron chi connectivity index (χ1n) is 6.27. The van der Waals surface area contributed by atoms with E-state index in [1.807, 2.05) is 6.92 Å². The van der Waals surface area contributed by atoms with Crippen molar-refractivity contribution in [3.05, 3.63) is 34.6 Å². The van der Waals surface area contributed by atoms with Gasteiger partial charge in [0.2, 0.25) is 0 Å². The molecule has 106 valence electrons. The molecule has 0 aromatic carbocycles. The fraction of sp³-hybridized carbons (Fsp3) is 0.417. The highest BCUT2D eigenvalue weighted by Crippen LogP contribution is 2.21. The average Bonchev–Trinajstić information content (AvgIpc) is 3.07. The number of aryl methyl sites for hydroxylation is 1. The van der Waals surface area contributed by atoms with Crippen molar-refractivity contribution in [1.82, 2.24) is 25.1 Å². The first-order chi connectivity index (χ1) is 9.63. The van der Waals surface area contributed by atoms with E-state index in [4.69, 9.17) is 16.3 Å². The standard InChI is InChI=1S/C12H14ClN5O2/c1-7-15-11(17-16-7)10-6-18(2-3-20-10)12(19)9-4-8(13)5-14-9/h4-5,10,14H,2-3,6H2,1H3,(H,15,16,17). The summed E-state index contributed by atoms with van der Waals surface area (Å²) in [7, 11) is 0. The van der Waals surface area contributed by atoms with Gasteiger partial charge >= 0.3 is 0 Å². The van der Waals surface area contributed by atoms with Crippen LogP contribution in [0, 0.1) is 6.92 Å². The van der Waals surface area contributed by atoms with Crippen LogP contribution in [0.3, 0.4) is 0 Å². The summed E-state index contributed by atoms with van der Waals surface area (Å²) in [5, 5.41) is 7.38. The van der Waals surface area contributed by atoms with Gasteiger partial charge in [-0.2, -0.15) is 5.10 Å². The molecule has 0 saturated carbocycles. The minimum absolute atomic E-state index is 0.0996. The zero-order valence-electron chi connectivity index (χ0n) is 10.9. The third-order valence-electron chi connectivity index (χ3n) is 3.13. The molecule has 1 amide bonds. The molecular formula is C12H14ClN5O2. The van der Waals surface area contributed by atoms with Crippen molar-refractivity contribution in [2.75, 3.05) is 19.7 Å². The number of morpholine rings is 1. The van der Waals surface area contributed by atoms with Crippen molar-refractivity contribution >= 4 is 17.5 Å². The van der Waals surface area contributed by atoms with Crippen LogP contribution < -0.4 is 0 Å². The van der Waals surface area contributed by atoms with E-state index in [9.17, 15) is 4.79 Å². The van der Waals surface area contributed by atoms with Gasteiger partial charge in [-0.3, -0.25) is 9.89 Å². The normalized spacial score (nSPS) is 19.3. The number of ether oxygens (including phenoxy) is 1. The molecule has 0 aliphatic carbocycles. The van der Waals surface area contributed by atoms with Crippen LogP contribution in [0.2, 0.25) is 5.02 Å². The Bertz CT molecular complexity index is 623. The van der Waals surface area contributed by atoms with Crippen molar-refractivity contribution in [3.8, 4) is 0 Å². The number of amides is 1. The van der Waals surface area contributed by atoms with Gasteiger partial charge in [-0.1, -0.05) is 11.6 Å². The zero-order valence-corrected chi connectivity index (χ0v) is 11.6. The molecule has 0 spiro atoms. The smallest absolute Gasteiger partial charge is 0.270 e. The summed E-state index contributed by atoms with van der Waals surface area (Å²) in [5.41, 5.74) is 0.474. The number of aromatic amines is 2. The van der Waals surface area contributed by atoms with Crippen LogP contribution in [-0.2, 0) is 4.74 Å².